The Balaban J connectivity index is 1.99. The number of aryl methyl sites for hydroxylation is 1. The van der Waals surface area contributed by atoms with E-state index in [-0.39, 0.29) is 0 Å². The molecular weight excluding hydrogens is 254 g/mol. The second-order valence-corrected chi connectivity index (χ2v) is 7.03. The lowest BCUT2D eigenvalue weighted by atomic mass is 10.00. The quantitative estimate of drug-likeness (QED) is 0.866. The zero-order chi connectivity index (χ0) is 13.7. The van der Waals surface area contributed by atoms with Crippen molar-refractivity contribution in [1.82, 2.24) is 5.32 Å². The molecule has 2 nitrogen and oxygen atoms in total. The summed E-state index contributed by atoms with van der Waals surface area (Å²) in [6, 6.07) is 8.51. The van der Waals surface area contributed by atoms with Gasteiger partial charge < -0.3 is 5.32 Å². The van der Waals surface area contributed by atoms with Gasteiger partial charge in [-0.05, 0) is 44.4 Å². The van der Waals surface area contributed by atoms with Gasteiger partial charge in [0.1, 0.15) is 0 Å². The highest BCUT2D eigenvalue weighted by atomic mass is 32.2. The molecule has 2 rings (SSSR count). The Labute approximate surface area is 119 Å². The Morgan fingerprint density at radius 1 is 1.26 bits per heavy atom. The molecule has 106 valence electrons. The van der Waals surface area contributed by atoms with E-state index in [1.54, 1.807) is 0 Å². The maximum atomic E-state index is 12.5. The van der Waals surface area contributed by atoms with Gasteiger partial charge in [0.2, 0.25) is 0 Å². The molecule has 1 saturated carbocycles. The Hall–Kier alpha value is -0.670. The number of nitrogens with one attached hydrogen (secondary N) is 1. The van der Waals surface area contributed by atoms with Crippen LogP contribution >= 0.6 is 0 Å². The lowest BCUT2D eigenvalue weighted by Gasteiger charge is -2.23. The second kappa shape index (κ2) is 7.20. The summed E-state index contributed by atoms with van der Waals surface area (Å²) < 4.78 is 12.5. The zero-order valence-corrected chi connectivity index (χ0v) is 12.8. The molecule has 19 heavy (non-hydrogen) atoms. The van der Waals surface area contributed by atoms with E-state index in [2.05, 4.69) is 19.2 Å². The molecule has 1 N–H and O–H groups in total. The highest BCUT2D eigenvalue weighted by molar-refractivity contribution is 7.85. The van der Waals surface area contributed by atoms with Crippen molar-refractivity contribution >= 4 is 10.8 Å². The molecule has 0 aromatic heterocycles. The van der Waals surface area contributed by atoms with E-state index in [1.165, 1.54) is 31.2 Å². The van der Waals surface area contributed by atoms with E-state index in [0.29, 0.717) is 12.0 Å². The average molecular weight is 279 g/mol. The van der Waals surface area contributed by atoms with Gasteiger partial charge in [-0.1, -0.05) is 37.5 Å². The zero-order valence-electron chi connectivity index (χ0n) is 12.0. The third-order valence-corrected chi connectivity index (χ3v) is 5.51. The van der Waals surface area contributed by atoms with Gasteiger partial charge in [0.05, 0.1) is 10.8 Å². The third kappa shape index (κ3) is 4.15. The predicted molar refractivity (Wildman–Crippen MR) is 81.9 cm³/mol. The Morgan fingerprint density at radius 2 is 1.89 bits per heavy atom. The van der Waals surface area contributed by atoms with Crippen molar-refractivity contribution in [1.29, 1.82) is 0 Å². The minimum Gasteiger partial charge on any atom is -0.313 e. The molecule has 1 aromatic carbocycles. The number of benzene rings is 1. The van der Waals surface area contributed by atoms with Gasteiger partial charge in [-0.25, -0.2) is 0 Å². The number of hydrogen-bond donors (Lipinski definition) is 1. The molecule has 0 amide bonds. The summed E-state index contributed by atoms with van der Waals surface area (Å²) in [7, 11) is -0.882. The minimum atomic E-state index is -0.882. The van der Waals surface area contributed by atoms with E-state index in [9.17, 15) is 4.21 Å². The smallest absolute Gasteiger partial charge is 0.0545 e. The monoisotopic (exact) mass is 279 g/mol. The Kier molecular flexibility index (Phi) is 5.59. The van der Waals surface area contributed by atoms with Gasteiger partial charge in [0.15, 0.2) is 0 Å². The fraction of sp³-hybridized carbons (Fsp3) is 0.625. The van der Waals surface area contributed by atoms with Crippen LogP contribution in [0.2, 0.25) is 0 Å². The van der Waals surface area contributed by atoms with Crippen molar-refractivity contribution in [3.05, 3.63) is 29.8 Å². The molecule has 1 aliphatic carbocycles. The van der Waals surface area contributed by atoms with Crippen molar-refractivity contribution in [2.24, 2.45) is 5.92 Å². The van der Waals surface area contributed by atoms with E-state index in [4.69, 9.17) is 0 Å². The summed E-state index contributed by atoms with van der Waals surface area (Å²) >= 11 is 0. The van der Waals surface area contributed by atoms with Crippen LogP contribution < -0.4 is 5.32 Å². The van der Waals surface area contributed by atoms with Crippen molar-refractivity contribution in [2.45, 2.75) is 50.5 Å². The van der Waals surface area contributed by atoms with Crippen molar-refractivity contribution in [3.8, 4) is 0 Å². The van der Waals surface area contributed by atoms with Gasteiger partial charge in [0, 0.05) is 16.7 Å². The Bertz CT molecular complexity index is 409. The molecule has 0 heterocycles. The molecule has 0 saturated heterocycles. The van der Waals surface area contributed by atoms with Crippen LogP contribution in [-0.2, 0) is 10.8 Å². The molecule has 2 unspecified atom stereocenters. The summed E-state index contributed by atoms with van der Waals surface area (Å²) in [5.74, 6) is 1.47. The summed E-state index contributed by atoms with van der Waals surface area (Å²) in [6.45, 7) is 5.16. The van der Waals surface area contributed by atoms with Gasteiger partial charge in [-0.15, -0.1) is 0 Å². The van der Waals surface area contributed by atoms with Crippen LogP contribution in [0.25, 0.3) is 0 Å². The fourth-order valence-corrected chi connectivity index (χ4v) is 4.28. The van der Waals surface area contributed by atoms with Crippen LogP contribution in [0.1, 0.15) is 38.2 Å². The van der Waals surface area contributed by atoms with E-state index < -0.39 is 10.8 Å². The highest BCUT2D eigenvalue weighted by Gasteiger charge is 2.26. The normalized spacial score (nSPS) is 19.5. The first-order chi connectivity index (χ1) is 9.20. The van der Waals surface area contributed by atoms with Crippen LogP contribution in [0.3, 0.4) is 0 Å². The maximum absolute atomic E-state index is 12.5. The third-order valence-electron chi connectivity index (χ3n) is 4.05. The first-order valence-electron chi connectivity index (χ1n) is 7.39. The fourth-order valence-electron chi connectivity index (χ4n) is 2.93. The molecule has 0 aliphatic heterocycles. The van der Waals surface area contributed by atoms with E-state index in [1.807, 2.05) is 24.3 Å². The van der Waals surface area contributed by atoms with Gasteiger partial charge in [-0.3, -0.25) is 4.21 Å². The highest BCUT2D eigenvalue weighted by Crippen LogP contribution is 2.28. The van der Waals surface area contributed by atoms with Crippen LogP contribution in [-0.4, -0.2) is 22.5 Å². The number of hydrogen-bond acceptors (Lipinski definition) is 2. The van der Waals surface area contributed by atoms with Gasteiger partial charge in [0.25, 0.3) is 0 Å². The van der Waals surface area contributed by atoms with Crippen LogP contribution in [0.4, 0.5) is 0 Å². The maximum Gasteiger partial charge on any atom is 0.0545 e. The number of rotatable bonds is 6. The van der Waals surface area contributed by atoms with Crippen molar-refractivity contribution in [2.75, 3.05) is 12.3 Å². The summed E-state index contributed by atoms with van der Waals surface area (Å²) in [5.41, 5.74) is 1.22. The summed E-state index contributed by atoms with van der Waals surface area (Å²) in [4.78, 5) is 0.964. The SMILES string of the molecule is CCNC(CS(=O)c1ccc(C)cc1)C1CCCC1. The molecule has 2 atom stereocenters. The lowest BCUT2D eigenvalue weighted by molar-refractivity contribution is 0.392. The van der Waals surface area contributed by atoms with Crippen molar-refractivity contribution in [3.63, 3.8) is 0 Å². The molecule has 0 bridgehead atoms. The standard InChI is InChI=1S/C16H25NOS/c1-3-17-16(14-6-4-5-7-14)12-19(18)15-10-8-13(2)9-11-15/h8-11,14,16-17H,3-7,12H2,1-2H3. The van der Waals surface area contributed by atoms with Crippen LogP contribution in [0.15, 0.2) is 29.2 Å². The molecule has 0 radical (unpaired) electrons. The van der Waals surface area contributed by atoms with Crippen LogP contribution in [0, 0.1) is 12.8 Å². The molecular formula is C16H25NOS. The van der Waals surface area contributed by atoms with Gasteiger partial charge in [-0.2, -0.15) is 0 Å². The average Bonchev–Trinajstić information content (AvgIpc) is 2.92. The van der Waals surface area contributed by atoms with Gasteiger partial charge >= 0.3 is 0 Å². The van der Waals surface area contributed by atoms with Crippen molar-refractivity contribution < 1.29 is 4.21 Å². The van der Waals surface area contributed by atoms with Crippen LogP contribution in [0.5, 0.6) is 0 Å². The van der Waals surface area contributed by atoms with E-state index >= 15 is 0 Å². The summed E-state index contributed by atoms with van der Waals surface area (Å²) in [6.07, 6.45) is 5.26. The first kappa shape index (κ1) is 14.7. The topological polar surface area (TPSA) is 29.1 Å². The largest absolute Gasteiger partial charge is 0.313 e. The van der Waals surface area contributed by atoms with E-state index in [0.717, 1.165) is 17.2 Å². The lowest BCUT2D eigenvalue weighted by Crippen LogP contribution is -2.39. The molecule has 1 aromatic rings. The second-order valence-electron chi connectivity index (χ2n) is 5.53. The first-order valence-corrected chi connectivity index (χ1v) is 8.71. The molecule has 3 heteroatoms. The molecule has 1 aliphatic rings. The predicted octanol–water partition coefficient (Wildman–Crippen LogP) is 3.27. The summed E-state index contributed by atoms with van der Waals surface area (Å²) in [5, 5.41) is 3.54. The molecule has 1 fully saturated rings. The molecule has 0 spiro atoms. The Morgan fingerprint density at radius 3 is 2.47 bits per heavy atom. The minimum absolute atomic E-state index is 0.412.